The van der Waals surface area contributed by atoms with E-state index in [0.29, 0.717) is 32.0 Å². The van der Waals surface area contributed by atoms with Crippen LogP contribution in [0.2, 0.25) is 0 Å². The van der Waals surface area contributed by atoms with E-state index >= 15 is 0 Å². The number of carbonyl (C=O) groups excluding carboxylic acids is 2. The summed E-state index contributed by atoms with van der Waals surface area (Å²) in [5.41, 5.74) is 3.51. The Bertz CT molecular complexity index is 874. The maximum Gasteiger partial charge on any atom is 0.319 e. The summed E-state index contributed by atoms with van der Waals surface area (Å²) in [6.45, 7) is 6.11. The second-order valence-corrected chi connectivity index (χ2v) is 7.00. The normalized spacial score (nSPS) is 22.4. The monoisotopic (exact) mass is 377 g/mol. The Morgan fingerprint density at radius 1 is 1.00 bits per heavy atom. The van der Waals surface area contributed by atoms with Crippen molar-refractivity contribution in [2.45, 2.75) is 6.04 Å². The van der Waals surface area contributed by atoms with Crippen molar-refractivity contribution in [2.75, 3.05) is 26.3 Å². The predicted octanol–water partition coefficient (Wildman–Crippen LogP) is 2.70. The molecule has 2 aliphatic heterocycles. The van der Waals surface area contributed by atoms with Gasteiger partial charge in [-0.3, -0.25) is 4.79 Å². The van der Waals surface area contributed by atoms with Crippen LogP contribution in [0.25, 0.3) is 11.1 Å². The Kier molecular flexibility index (Phi) is 5.12. The predicted molar refractivity (Wildman–Crippen MR) is 106 cm³/mol. The molecule has 4 rings (SSSR count). The largest absolute Gasteiger partial charge is 0.378 e. The summed E-state index contributed by atoms with van der Waals surface area (Å²) in [6.07, 6.45) is 0. The molecule has 2 heterocycles. The summed E-state index contributed by atoms with van der Waals surface area (Å²) in [4.78, 5) is 27.0. The van der Waals surface area contributed by atoms with Gasteiger partial charge in [-0.2, -0.15) is 0 Å². The number of amides is 3. The zero-order valence-electron chi connectivity index (χ0n) is 15.6. The number of morpholine rings is 1. The highest BCUT2D eigenvalue weighted by molar-refractivity contribution is 5.88. The van der Waals surface area contributed by atoms with Crippen molar-refractivity contribution in [2.24, 2.45) is 5.92 Å². The average molecular weight is 377 g/mol. The molecule has 3 amide bonds. The number of urea groups is 1. The molecule has 2 aromatic carbocycles. The zero-order chi connectivity index (χ0) is 19.5. The lowest BCUT2D eigenvalue weighted by molar-refractivity contribution is -0.139. The van der Waals surface area contributed by atoms with Gasteiger partial charge in [0.05, 0.1) is 19.3 Å². The van der Waals surface area contributed by atoms with Gasteiger partial charge in [0.15, 0.2) is 0 Å². The van der Waals surface area contributed by atoms with Gasteiger partial charge in [-0.15, -0.1) is 0 Å². The van der Waals surface area contributed by atoms with Gasteiger partial charge in [0.2, 0.25) is 5.91 Å². The minimum atomic E-state index is -0.557. The van der Waals surface area contributed by atoms with E-state index in [4.69, 9.17) is 4.74 Å². The Morgan fingerprint density at radius 2 is 1.64 bits per heavy atom. The summed E-state index contributed by atoms with van der Waals surface area (Å²) in [5, 5.41) is 5.57. The first-order valence-electron chi connectivity index (χ1n) is 9.42. The molecule has 144 valence electrons. The molecule has 2 fully saturated rings. The molecular formula is C22H23N3O3. The molecule has 2 aromatic rings. The summed E-state index contributed by atoms with van der Waals surface area (Å²) >= 11 is 0. The van der Waals surface area contributed by atoms with Gasteiger partial charge in [-0.1, -0.05) is 61.2 Å². The quantitative estimate of drug-likeness (QED) is 0.864. The number of carbonyl (C=O) groups is 2. The fraction of sp³-hybridized carbons (Fsp3) is 0.273. The summed E-state index contributed by atoms with van der Waals surface area (Å²) in [6, 6.07) is 17.2. The second kappa shape index (κ2) is 7.86. The van der Waals surface area contributed by atoms with Crippen molar-refractivity contribution in [3.63, 3.8) is 0 Å². The molecule has 0 aliphatic carbocycles. The average Bonchev–Trinajstić information content (AvgIpc) is 2.74. The summed E-state index contributed by atoms with van der Waals surface area (Å²) in [7, 11) is 0. The van der Waals surface area contributed by atoms with Crippen molar-refractivity contribution in [3.8, 4) is 11.1 Å². The summed E-state index contributed by atoms with van der Waals surface area (Å²) < 4.78 is 5.35. The van der Waals surface area contributed by atoms with Crippen molar-refractivity contribution >= 4 is 11.9 Å². The molecule has 2 N–H and O–H groups in total. The van der Waals surface area contributed by atoms with Crippen LogP contribution < -0.4 is 10.6 Å². The lowest BCUT2D eigenvalue weighted by atomic mass is 9.87. The third kappa shape index (κ3) is 3.64. The maximum atomic E-state index is 13.2. The molecule has 2 saturated heterocycles. The molecule has 6 heteroatoms. The first-order valence-corrected chi connectivity index (χ1v) is 9.42. The molecule has 0 saturated carbocycles. The minimum absolute atomic E-state index is 0.0436. The lowest BCUT2D eigenvalue weighted by Gasteiger charge is -2.38. The fourth-order valence-electron chi connectivity index (χ4n) is 3.75. The Morgan fingerprint density at radius 3 is 2.32 bits per heavy atom. The van der Waals surface area contributed by atoms with E-state index < -0.39 is 12.0 Å². The van der Waals surface area contributed by atoms with Gasteiger partial charge in [-0.25, -0.2) is 4.79 Å². The lowest BCUT2D eigenvalue weighted by Crippen LogP contribution is -2.55. The van der Waals surface area contributed by atoms with Gasteiger partial charge >= 0.3 is 6.03 Å². The topological polar surface area (TPSA) is 70.7 Å². The smallest absolute Gasteiger partial charge is 0.319 e. The van der Waals surface area contributed by atoms with Crippen molar-refractivity contribution in [3.05, 3.63) is 72.4 Å². The first-order chi connectivity index (χ1) is 13.6. The highest BCUT2D eigenvalue weighted by atomic mass is 16.5. The Labute approximate surface area is 164 Å². The summed E-state index contributed by atoms with van der Waals surface area (Å²) in [5.74, 6) is -0.601. The standard InChI is InChI=1S/C22H23N3O3/c1-15-19(21(26)25-11-13-28-14-12-25)20(24-22(27)23-15)18-9-7-17(8-10-18)16-5-3-2-4-6-16/h2-10,19-20H,1,11-14H2,(H2,23,24,27)/t19-,20+/m1/s1. The van der Waals surface area contributed by atoms with E-state index in [-0.39, 0.29) is 11.9 Å². The molecule has 0 aromatic heterocycles. The Hall–Kier alpha value is -3.12. The van der Waals surface area contributed by atoms with E-state index in [1.165, 1.54) is 0 Å². The van der Waals surface area contributed by atoms with Crippen LogP contribution in [-0.2, 0) is 9.53 Å². The molecule has 6 nitrogen and oxygen atoms in total. The number of nitrogens with zero attached hydrogens (tertiary/aromatic N) is 1. The highest BCUT2D eigenvalue weighted by Crippen LogP contribution is 2.32. The van der Waals surface area contributed by atoms with E-state index in [2.05, 4.69) is 17.2 Å². The third-order valence-electron chi connectivity index (χ3n) is 5.24. The van der Waals surface area contributed by atoms with Crippen LogP contribution in [0.5, 0.6) is 0 Å². The van der Waals surface area contributed by atoms with Crippen molar-refractivity contribution in [1.82, 2.24) is 15.5 Å². The highest BCUT2D eigenvalue weighted by Gasteiger charge is 2.40. The third-order valence-corrected chi connectivity index (χ3v) is 5.24. The number of nitrogens with one attached hydrogen (secondary N) is 2. The zero-order valence-corrected chi connectivity index (χ0v) is 15.6. The molecule has 2 aliphatic rings. The number of rotatable bonds is 3. The molecule has 0 radical (unpaired) electrons. The molecule has 0 unspecified atom stereocenters. The van der Waals surface area contributed by atoms with Gasteiger partial charge in [0, 0.05) is 18.8 Å². The second-order valence-electron chi connectivity index (χ2n) is 7.00. The molecule has 2 atom stereocenters. The van der Waals surface area contributed by atoms with Gasteiger partial charge in [0.1, 0.15) is 5.92 Å². The van der Waals surface area contributed by atoms with E-state index in [0.717, 1.165) is 16.7 Å². The van der Waals surface area contributed by atoms with Crippen molar-refractivity contribution in [1.29, 1.82) is 0 Å². The van der Waals surface area contributed by atoms with Gasteiger partial charge < -0.3 is 20.3 Å². The van der Waals surface area contributed by atoms with E-state index in [1.54, 1.807) is 4.90 Å². The maximum absolute atomic E-state index is 13.2. The molecule has 0 spiro atoms. The Balaban J connectivity index is 1.61. The SMILES string of the molecule is C=C1NC(=O)N[C@@H](c2ccc(-c3ccccc3)cc2)[C@@H]1C(=O)N1CCOCC1. The molecule has 28 heavy (non-hydrogen) atoms. The number of hydrogen-bond acceptors (Lipinski definition) is 3. The number of benzene rings is 2. The van der Waals surface area contributed by atoms with E-state index in [9.17, 15) is 9.59 Å². The van der Waals surface area contributed by atoms with Crippen LogP contribution >= 0.6 is 0 Å². The van der Waals surface area contributed by atoms with Gasteiger partial charge in [0.25, 0.3) is 0 Å². The molecule has 0 bridgehead atoms. The van der Waals surface area contributed by atoms with Crippen molar-refractivity contribution < 1.29 is 14.3 Å². The van der Waals surface area contributed by atoms with Crippen LogP contribution in [0.15, 0.2) is 66.9 Å². The van der Waals surface area contributed by atoms with Crippen LogP contribution in [-0.4, -0.2) is 43.1 Å². The van der Waals surface area contributed by atoms with Crippen LogP contribution in [0, 0.1) is 5.92 Å². The number of hydrogen-bond donors (Lipinski definition) is 2. The van der Waals surface area contributed by atoms with E-state index in [1.807, 2.05) is 54.6 Å². The minimum Gasteiger partial charge on any atom is -0.378 e. The van der Waals surface area contributed by atoms with Crippen LogP contribution in [0.4, 0.5) is 4.79 Å². The van der Waals surface area contributed by atoms with Gasteiger partial charge in [-0.05, 0) is 16.7 Å². The fourth-order valence-corrected chi connectivity index (χ4v) is 3.75. The molecular weight excluding hydrogens is 354 g/mol. The first kappa shape index (κ1) is 18.3. The van der Waals surface area contributed by atoms with Crippen LogP contribution in [0.3, 0.4) is 0 Å². The van der Waals surface area contributed by atoms with Crippen LogP contribution in [0.1, 0.15) is 11.6 Å². The number of ether oxygens (including phenoxy) is 1.